The quantitative estimate of drug-likeness (QED) is 0.629. The van der Waals surface area contributed by atoms with Crippen molar-refractivity contribution < 1.29 is 14.4 Å². The van der Waals surface area contributed by atoms with Gasteiger partial charge in [0.2, 0.25) is 12.3 Å². The van der Waals surface area contributed by atoms with Crippen molar-refractivity contribution in [2.24, 2.45) is 17.8 Å². The molecule has 1 N–H and O–H groups in total. The van der Waals surface area contributed by atoms with Crippen molar-refractivity contribution in [1.29, 1.82) is 0 Å². The highest BCUT2D eigenvalue weighted by atomic mass is 16.2. The van der Waals surface area contributed by atoms with Crippen LogP contribution in [0.3, 0.4) is 0 Å². The average Bonchev–Trinajstić information content (AvgIpc) is 2.42. The minimum atomic E-state index is -0.529. The number of hydrogen-bond donors (Lipinski definition) is 1. The third-order valence-corrected chi connectivity index (χ3v) is 4.39. The van der Waals surface area contributed by atoms with E-state index in [4.69, 9.17) is 0 Å². The number of amides is 2. The van der Waals surface area contributed by atoms with Crippen molar-refractivity contribution in [3.63, 3.8) is 0 Å². The first-order chi connectivity index (χ1) is 10.2. The lowest BCUT2D eigenvalue weighted by Gasteiger charge is -2.39. The van der Waals surface area contributed by atoms with Gasteiger partial charge in [-0.3, -0.25) is 9.59 Å². The first-order valence-corrected chi connectivity index (χ1v) is 8.13. The minimum absolute atomic E-state index is 0.0147. The summed E-state index contributed by atoms with van der Waals surface area (Å²) in [5.41, 5.74) is 0. The fourth-order valence-electron chi connectivity index (χ4n) is 3.13. The van der Waals surface area contributed by atoms with Gasteiger partial charge in [0.25, 0.3) is 0 Å². The van der Waals surface area contributed by atoms with Crippen molar-refractivity contribution >= 4 is 18.1 Å². The summed E-state index contributed by atoms with van der Waals surface area (Å²) in [6, 6.07) is -0.547. The highest BCUT2D eigenvalue weighted by Crippen LogP contribution is 2.25. The number of nitrogens with zero attached hydrogens (tertiary/aromatic N) is 1. The molecule has 0 aliphatic rings. The molecule has 128 valence electrons. The molecule has 5 heteroatoms. The third-order valence-electron chi connectivity index (χ3n) is 4.39. The predicted octanol–water partition coefficient (Wildman–Crippen LogP) is 2.25. The van der Waals surface area contributed by atoms with Gasteiger partial charge in [0.05, 0.1) is 0 Å². The Morgan fingerprint density at radius 2 is 1.68 bits per heavy atom. The first-order valence-electron chi connectivity index (χ1n) is 8.13. The lowest BCUT2D eigenvalue weighted by Crippen LogP contribution is -2.54. The molecule has 5 nitrogen and oxygen atoms in total. The van der Waals surface area contributed by atoms with Crippen LogP contribution >= 0.6 is 0 Å². The topological polar surface area (TPSA) is 66.5 Å². The van der Waals surface area contributed by atoms with E-state index in [0.29, 0.717) is 12.8 Å². The summed E-state index contributed by atoms with van der Waals surface area (Å²) in [5.74, 6) is 0.425. The van der Waals surface area contributed by atoms with Gasteiger partial charge in [0, 0.05) is 19.5 Å². The second-order valence-corrected chi connectivity index (χ2v) is 6.71. The number of likely N-dealkylation sites (N-methyl/N-ethyl adjacent to an activating group) is 1. The van der Waals surface area contributed by atoms with Crippen molar-refractivity contribution in [3.05, 3.63) is 0 Å². The molecule has 0 spiro atoms. The number of Topliss-reactive ketones (excluding diaryl/α,β-unsaturated/α-hetero) is 1. The molecular weight excluding hydrogens is 280 g/mol. The van der Waals surface area contributed by atoms with E-state index >= 15 is 0 Å². The molecule has 0 aromatic heterocycles. The van der Waals surface area contributed by atoms with E-state index in [2.05, 4.69) is 19.2 Å². The van der Waals surface area contributed by atoms with Crippen LogP contribution in [0.15, 0.2) is 0 Å². The Labute approximate surface area is 134 Å². The molecule has 3 unspecified atom stereocenters. The van der Waals surface area contributed by atoms with E-state index in [1.54, 1.807) is 18.9 Å². The average molecular weight is 312 g/mol. The SMILES string of the molecule is CCC(C)C(C(C)CC(C)=O)N(C)C(=O)[C@@H](NC=O)C(C)C. The summed E-state index contributed by atoms with van der Waals surface area (Å²) in [5, 5.41) is 2.62. The van der Waals surface area contributed by atoms with Crippen LogP contribution in [0.2, 0.25) is 0 Å². The summed E-state index contributed by atoms with van der Waals surface area (Å²) < 4.78 is 0. The van der Waals surface area contributed by atoms with Crippen molar-refractivity contribution in [2.75, 3.05) is 7.05 Å². The summed E-state index contributed by atoms with van der Waals surface area (Å²) >= 11 is 0. The molecule has 0 aliphatic heterocycles. The van der Waals surface area contributed by atoms with Gasteiger partial charge >= 0.3 is 0 Å². The van der Waals surface area contributed by atoms with Gasteiger partial charge in [0.15, 0.2) is 0 Å². The highest BCUT2D eigenvalue weighted by molar-refractivity contribution is 5.84. The number of carbonyl (C=O) groups excluding carboxylic acids is 3. The Morgan fingerprint density at radius 1 is 1.14 bits per heavy atom. The van der Waals surface area contributed by atoms with Crippen LogP contribution in [0, 0.1) is 17.8 Å². The predicted molar refractivity (Wildman–Crippen MR) is 88.3 cm³/mol. The maximum atomic E-state index is 12.7. The number of ketones is 1. The second kappa shape index (κ2) is 9.59. The third kappa shape index (κ3) is 5.78. The Bertz CT molecular complexity index is 382. The maximum Gasteiger partial charge on any atom is 0.245 e. The monoisotopic (exact) mass is 312 g/mol. The second-order valence-electron chi connectivity index (χ2n) is 6.71. The number of nitrogens with one attached hydrogen (secondary N) is 1. The molecule has 0 radical (unpaired) electrons. The number of hydrogen-bond acceptors (Lipinski definition) is 3. The van der Waals surface area contributed by atoms with E-state index in [0.717, 1.165) is 6.42 Å². The molecule has 0 rings (SSSR count). The smallest absolute Gasteiger partial charge is 0.245 e. The lowest BCUT2D eigenvalue weighted by molar-refractivity contribution is -0.139. The maximum absolute atomic E-state index is 12.7. The zero-order valence-electron chi connectivity index (χ0n) is 15.1. The van der Waals surface area contributed by atoms with E-state index in [1.165, 1.54) is 0 Å². The molecule has 4 atom stereocenters. The Morgan fingerprint density at radius 3 is 2.05 bits per heavy atom. The number of rotatable bonds is 10. The zero-order valence-corrected chi connectivity index (χ0v) is 15.1. The molecule has 0 bridgehead atoms. The van der Waals surface area contributed by atoms with Crippen LogP contribution in [0.5, 0.6) is 0 Å². The summed E-state index contributed by atoms with van der Waals surface area (Å²) in [4.78, 5) is 36.7. The van der Waals surface area contributed by atoms with Gasteiger partial charge < -0.3 is 15.0 Å². The molecule has 2 amide bonds. The normalized spacial score (nSPS) is 16.5. The first kappa shape index (κ1) is 20.6. The van der Waals surface area contributed by atoms with Crippen LogP contribution in [0.1, 0.15) is 54.4 Å². The van der Waals surface area contributed by atoms with Gasteiger partial charge in [0.1, 0.15) is 11.8 Å². The molecule has 22 heavy (non-hydrogen) atoms. The molecule has 0 saturated carbocycles. The van der Waals surface area contributed by atoms with E-state index in [-0.39, 0.29) is 35.5 Å². The van der Waals surface area contributed by atoms with Crippen molar-refractivity contribution in [1.82, 2.24) is 10.2 Å². The van der Waals surface area contributed by atoms with Crippen LogP contribution < -0.4 is 5.32 Å². The largest absolute Gasteiger partial charge is 0.347 e. The van der Waals surface area contributed by atoms with Gasteiger partial charge in [-0.25, -0.2) is 0 Å². The molecule has 0 heterocycles. The van der Waals surface area contributed by atoms with Crippen LogP contribution in [0.25, 0.3) is 0 Å². The molecular formula is C17H32N2O3. The molecule has 0 aromatic rings. The van der Waals surface area contributed by atoms with Crippen molar-refractivity contribution in [3.8, 4) is 0 Å². The standard InChI is InChI=1S/C17H32N2O3/c1-8-12(4)16(13(5)9-14(6)21)19(7)17(22)15(11(2)3)18-10-20/h10-13,15-16H,8-9H2,1-7H3,(H,18,20)/t12?,13?,15-,16?/m0/s1. The van der Waals surface area contributed by atoms with Crippen LogP contribution in [0.4, 0.5) is 0 Å². The summed E-state index contributed by atoms with van der Waals surface area (Å²) in [6.45, 7) is 11.6. The van der Waals surface area contributed by atoms with Gasteiger partial charge in [-0.2, -0.15) is 0 Å². The molecule has 0 saturated heterocycles. The minimum Gasteiger partial charge on any atom is -0.347 e. The zero-order chi connectivity index (χ0) is 17.4. The van der Waals surface area contributed by atoms with E-state index in [9.17, 15) is 14.4 Å². The fourth-order valence-corrected chi connectivity index (χ4v) is 3.13. The summed E-state index contributed by atoms with van der Waals surface area (Å²) in [6.07, 6.45) is 1.96. The lowest BCUT2D eigenvalue weighted by atomic mass is 9.84. The Kier molecular flexibility index (Phi) is 8.99. The fraction of sp³-hybridized carbons (Fsp3) is 0.824. The molecule has 0 aliphatic carbocycles. The van der Waals surface area contributed by atoms with E-state index < -0.39 is 6.04 Å². The van der Waals surface area contributed by atoms with Crippen LogP contribution in [-0.4, -0.2) is 42.1 Å². The summed E-state index contributed by atoms with van der Waals surface area (Å²) in [7, 11) is 1.78. The Hall–Kier alpha value is -1.39. The number of carbonyl (C=O) groups is 3. The Balaban J connectivity index is 5.31. The van der Waals surface area contributed by atoms with Gasteiger partial charge in [-0.15, -0.1) is 0 Å². The van der Waals surface area contributed by atoms with E-state index in [1.807, 2.05) is 20.8 Å². The highest BCUT2D eigenvalue weighted by Gasteiger charge is 2.34. The van der Waals surface area contributed by atoms with Gasteiger partial charge in [-0.1, -0.05) is 41.0 Å². The van der Waals surface area contributed by atoms with Crippen molar-refractivity contribution in [2.45, 2.75) is 66.5 Å². The van der Waals surface area contributed by atoms with Gasteiger partial charge in [-0.05, 0) is 24.7 Å². The molecule has 0 aromatic carbocycles. The molecule has 0 fully saturated rings. The van der Waals surface area contributed by atoms with Crippen LogP contribution in [-0.2, 0) is 14.4 Å².